The molecule has 0 saturated heterocycles. The molecule has 1 heterocycles. The van der Waals surface area contributed by atoms with E-state index in [1.807, 2.05) is 24.3 Å². The molecule has 5 nitrogen and oxygen atoms in total. The summed E-state index contributed by atoms with van der Waals surface area (Å²) in [5.41, 5.74) is 0.962. The molecule has 0 aliphatic carbocycles. The summed E-state index contributed by atoms with van der Waals surface area (Å²) in [6, 6.07) is 12.1. The van der Waals surface area contributed by atoms with Crippen molar-refractivity contribution in [3.8, 4) is 11.5 Å². The van der Waals surface area contributed by atoms with Crippen molar-refractivity contribution in [1.82, 2.24) is 4.72 Å². The summed E-state index contributed by atoms with van der Waals surface area (Å²) in [6.07, 6.45) is -4.37. The van der Waals surface area contributed by atoms with E-state index < -0.39 is 27.0 Å². The van der Waals surface area contributed by atoms with Gasteiger partial charge in [0.1, 0.15) is 16.4 Å². The molecule has 1 N–H and O–H groups in total. The van der Waals surface area contributed by atoms with Gasteiger partial charge in [-0.05, 0) is 30.2 Å². The molecule has 0 saturated carbocycles. The van der Waals surface area contributed by atoms with Crippen LogP contribution >= 0.6 is 0 Å². The van der Waals surface area contributed by atoms with Gasteiger partial charge in [-0.2, -0.15) is 0 Å². The SMILES string of the molecule is O=S(=O)(NCC1COc2ccccc2C1)c1ccccc1OC(F)(F)F. The standard InChI is InChI=1S/C17H16F3NO4S/c18-17(19,20)25-15-7-3-4-8-16(15)26(22,23)21-10-12-9-13-5-1-2-6-14(13)24-11-12/h1-8,12,21H,9-11H2. The van der Waals surface area contributed by atoms with Gasteiger partial charge in [-0.15, -0.1) is 13.2 Å². The van der Waals surface area contributed by atoms with Crippen LogP contribution in [0.3, 0.4) is 0 Å². The number of hydrogen-bond acceptors (Lipinski definition) is 4. The molecule has 1 unspecified atom stereocenters. The number of rotatable bonds is 5. The number of hydrogen-bond donors (Lipinski definition) is 1. The first kappa shape index (κ1) is 18.5. The van der Waals surface area contributed by atoms with Gasteiger partial charge in [-0.25, -0.2) is 13.1 Å². The fourth-order valence-corrected chi connectivity index (χ4v) is 3.95. The highest BCUT2D eigenvalue weighted by atomic mass is 32.2. The molecule has 1 aliphatic heterocycles. The Morgan fingerprint density at radius 1 is 1.12 bits per heavy atom. The summed E-state index contributed by atoms with van der Waals surface area (Å²) in [5.74, 6) is -0.136. The molecule has 26 heavy (non-hydrogen) atoms. The van der Waals surface area contributed by atoms with Crippen molar-refractivity contribution in [2.24, 2.45) is 5.92 Å². The molecular weight excluding hydrogens is 371 g/mol. The minimum Gasteiger partial charge on any atom is -0.493 e. The lowest BCUT2D eigenvalue weighted by Crippen LogP contribution is -2.35. The molecule has 9 heteroatoms. The average Bonchev–Trinajstić information content (AvgIpc) is 2.59. The van der Waals surface area contributed by atoms with Crippen LogP contribution in [-0.2, 0) is 16.4 Å². The fraction of sp³-hybridized carbons (Fsp3) is 0.294. The van der Waals surface area contributed by atoms with E-state index in [-0.39, 0.29) is 12.5 Å². The summed E-state index contributed by atoms with van der Waals surface area (Å²) in [5, 5.41) is 0. The van der Waals surface area contributed by atoms with Crippen LogP contribution < -0.4 is 14.2 Å². The van der Waals surface area contributed by atoms with E-state index in [1.54, 1.807) is 0 Å². The van der Waals surface area contributed by atoms with Crippen LogP contribution in [0.5, 0.6) is 11.5 Å². The Labute approximate surface area is 148 Å². The largest absolute Gasteiger partial charge is 0.573 e. The molecule has 0 radical (unpaired) electrons. The predicted octanol–water partition coefficient (Wildman–Crippen LogP) is 3.11. The molecule has 2 aromatic carbocycles. The first-order valence-electron chi connectivity index (χ1n) is 7.80. The number of para-hydroxylation sites is 2. The van der Waals surface area contributed by atoms with E-state index in [0.29, 0.717) is 13.0 Å². The summed E-state index contributed by atoms with van der Waals surface area (Å²) in [4.78, 5) is -0.561. The maximum atomic E-state index is 12.5. The topological polar surface area (TPSA) is 64.6 Å². The zero-order chi connectivity index (χ0) is 18.8. The third kappa shape index (κ3) is 4.47. The van der Waals surface area contributed by atoms with Gasteiger partial charge in [0.25, 0.3) is 0 Å². The van der Waals surface area contributed by atoms with Crippen molar-refractivity contribution >= 4 is 10.0 Å². The number of ether oxygens (including phenoxy) is 2. The van der Waals surface area contributed by atoms with Gasteiger partial charge in [0.05, 0.1) is 6.61 Å². The van der Waals surface area contributed by atoms with Gasteiger partial charge in [0, 0.05) is 12.5 Å². The second-order valence-electron chi connectivity index (χ2n) is 5.84. The molecule has 140 valence electrons. The first-order chi connectivity index (χ1) is 12.2. The summed E-state index contributed by atoms with van der Waals surface area (Å²) in [6.45, 7) is 0.358. The number of sulfonamides is 1. The zero-order valence-electron chi connectivity index (χ0n) is 13.5. The van der Waals surface area contributed by atoms with Gasteiger partial charge < -0.3 is 9.47 Å². The van der Waals surface area contributed by atoms with E-state index in [9.17, 15) is 21.6 Å². The van der Waals surface area contributed by atoms with E-state index in [1.165, 1.54) is 12.1 Å². The highest BCUT2D eigenvalue weighted by molar-refractivity contribution is 7.89. The number of alkyl halides is 3. The van der Waals surface area contributed by atoms with Crippen LogP contribution in [0.15, 0.2) is 53.4 Å². The van der Waals surface area contributed by atoms with Gasteiger partial charge in [-0.3, -0.25) is 0 Å². The highest BCUT2D eigenvalue weighted by Gasteiger charge is 2.34. The van der Waals surface area contributed by atoms with Crippen LogP contribution in [0.4, 0.5) is 13.2 Å². The van der Waals surface area contributed by atoms with E-state index in [2.05, 4.69) is 9.46 Å². The van der Waals surface area contributed by atoms with Gasteiger partial charge in [0.15, 0.2) is 0 Å². The molecule has 1 aliphatic rings. The lowest BCUT2D eigenvalue weighted by Gasteiger charge is -2.25. The molecule has 2 aromatic rings. The fourth-order valence-electron chi connectivity index (χ4n) is 2.71. The smallest absolute Gasteiger partial charge is 0.493 e. The Morgan fingerprint density at radius 2 is 1.81 bits per heavy atom. The Hall–Kier alpha value is -2.26. The molecular formula is C17H16F3NO4S. The number of halogens is 3. The molecule has 3 rings (SSSR count). The summed E-state index contributed by atoms with van der Waals surface area (Å²) in [7, 11) is -4.17. The lowest BCUT2D eigenvalue weighted by molar-refractivity contribution is -0.275. The minimum atomic E-state index is -4.98. The van der Waals surface area contributed by atoms with Crippen molar-refractivity contribution in [3.05, 3.63) is 54.1 Å². The van der Waals surface area contributed by atoms with Crippen LogP contribution in [0.1, 0.15) is 5.56 Å². The summed E-state index contributed by atoms with van der Waals surface area (Å²) < 4.78 is 74.0. The molecule has 0 bridgehead atoms. The van der Waals surface area contributed by atoms with Crippen LogP contribution in [0, 0.1) is 5.92 Å². The van der Waals surface area contributed by atoms with Crippen molar-refractivity contribution in [1.29, 1.82) is 0 Å². The minimum absolute atomic E-state index is 0.0387. The van der Waals surface area contributed by atoms with Crippen molar-refractivity contribution in [2.45, 2.75) is 17.7 Å². The monoisotopic (exact) mass is 387 g/mol. The third-order valence-corrected chi connectivity index (χ3v) is 5.35. The van der Waals surface area contributed by atoms with Crippen molar-refractivity contribution in [3.63, 3.8) is 0 Å². The average molecular weight is 387 g/mol. The van der Waals surface area contributed by atoms with Gasteiger partial charge in [0.2, 0.25) is 10.0 Å². The number of benzene rings is 2. The number of fused-ring (bicyclic) bond motifs is 1. The van der Waals surface area contributed by atoms with Gasteiger partial charge >= 0.3 is 6.36 Å². The van der Waals surface area contributed by atoms with Gasteiger partial charge in [-0.1, -0.05) is 30.3 Å². The Balaban J connectivity index is 1.71. The Morgan fingerprint density at radius 3 is 2.58 bits per heavy atom. The van der Waals surface area contributed by atoms with Crippen LogP contribution in [-0.4, -0.2) is 27.9 Å². The molecule has 0 fully saturated rings. The maximum absolute atomic E-state index is 12.5. The molecule has 0 amide bonds. The highest BCUT2D eigenvalue weighted by Crippen LogP contribution is 2.30. The predicted molar refractivity (Wildman–Crippen MR) is 87.4 cm³/mol. The van der Waals surface area contributed by atoms with Crippen molar-refractivity contribution < 1.29 is 31.1 Å². The zero-order valence-corrected chi connectivity index (χ0v) is 14.3. The van der Waals surface area contributed by atoms with E-state index >= 15 is 0 Å². The maximum Gasteiger partial charge on any atom is 0.573 e. The number of nitrogens with one attached hydrogen (secondary N) is 1. The van der Waals surface area contributed by atoms with Crippen LogP contribution in [0.2, 0.25) is 0 Å². The van der Waals surface area contributed by atoms with Crippen molar-refractivity contribution in [2.75, 3.05) is 13.2 Å². The van der Waals surface area contributed by atoms with E-state index in [4.69, 9.17) is 4.74 Å². The Kier molecular flexibility index (Phi) is 5.10. The molecule has 1 atom stereocenters. The second-order valence-corrected chi connectivity index (χ2v) is 7.57. The second kappa shape index (κ2) is 7.16. The normalized spacial score (nSPS) is 17.3. The molecule has 0 aromatic heterocycles. The Bertz CT molecular complexity index is 884. The molecule has 0 spiro atoms. The van der Waals surface area contributed by atoms with Crippen LogP contribution in [0.25, 0.3) is 0 Å². The lowest BCUT2D eigenvalue weighted by atomic mass is 9.97. The van der Waals surface area contributed by atoms with E-state index in [0.717, 1.165) is 23.4 Å². The summed E-state index contributed by atoms with van der Waals surface area (Å²) >= 11 is 0. The first-order valence-corrected chi connectivity index (χ1v) is 9.28. The quantitative estimate of drug-likeness (QED) is 0.856. The third-order valence-electron chi connectivity index (χ3n) is 3.88.